The Kier molecular flexibility index (Phi) is 8.68. The molecular formula is C59H38N2O2. The summed E-state index contributed by atoms with van der Waals surface area (Å²) in [6, 6.07) is 80.6. The summed E-state index contributed by atoms with van der Waals surface area (Å²) in [6.45, 7) is 0. The first kappa shape index (κ1) is 36.5. The molecule has 0 saturated heterocycles. The third-order valence-electron chi connectivity index (χ3n) is 12.5. The third kappa shape index (κ3) is 6.07. The Balaban J connectivity index is 0.980. The summed E-state index contributed by atoms with van der Waals surface area (Å²) in [4.78, 5) is 10.5. The number of hydrogen-bond donors (Lipinski definition) is 0. The van der Waals surface area contributed by atoms with E-state index in [4.69, 9.17) is 19.4 Å². The Morgan fingerprint density at radius 2 is 0.873 bits per heavy atom. The molecular weight excluding hydrogens is 769 g/mol. The van der Waals surface area contributed by atoms with Crippen molar-refractivity contribution in [2.24, 2.45) is 0 Å². The first-order valence-electron chi connectivity index (χ1n) is 21.3. The number of nitrogens with zero attached hydrogens (tertiary/aromatic N) is 2. The van der Waals surface area contributed by atoms with Gasteiger partial charge in [0.1, 0.15) is 0 Å². The van der Waals surface area contributed by atoms with Crippen molar-refractivity contribution in [1.82, 2.24) is 9.97 Å². The molecule has 0 fully saturated rings. The predicted octanol–water partition coefficient (Wildman–Crippen LogP) is 15.1. The van der Waals surface area contributed by atoms with Gasteiger partial charge in [0.25, 0.3) is 0 Å². The molecule has 10 aromatic rings. The molecule has 0 unspecified atom stereocenters. The van der Waals surface area contributed by atoms with Crippen LogP contribution in [0.25, 0.3) is 67.3 Å². The van der Waals surface area contributed by atoms with Gasteiger partial charge in [0.05, 0.1) is 16.8 Å². The monoisotopic (exact) mass is 806 g/mol. The number of ether oxygens (including phenoxy) is 2. The van der Waals surface area contributed by atoms with E-state index < -0.39 is 5.41 Å². The van der Waals surface area contributed by atoms with Gasteiger partial charge in [-0.2, -0.15) is 0 Å². The minimum atomic E-state index is -0.552. The van der Waals surface area contributed by atoms with Crippen molar-refractivity contribution in [1.29, 1.82) is 0 Å². The van der Waals surface area contributed by atoms with Crippen molar-refractivity contribution in [2.75, 3.05) is 0 Å². The third-order valence-corrected chi connectivity index (χ3v) is 12.5. The molecule has 0 N–H and O–H groups in total. The molecule has 0 amide bonds. The molecule has 296 valence electrons. The number of hydrogen-bond acceptors (Lipinski definition) is 4. The molecule has 0 radical (unpaired) electrons. The highest BCUT2D eigenvalue weighted by molar-refractivity contribution is 5.92. The summed E-state index contributed by atoms with van der Waals surface area (Å²) >= 11 is 0. The van der Waals surface area contributed by atoms with E-state index in [0.717, 1.165) is 67.0 Å². The Morgan fingerprint density at radius 3 is 1.59 bits per heavy atom. The predicted molar refractivity (Wildman–Crippen MR) is 253 cm³/mol. The van der Waals surface area contributed by atoms with Crippen molar-refractivity contribution in [3.8, 4) is 90.3 Å². The fraction of sp³-hybridized carbons (Fsp3) is 0.0169. The van der Waals surface area contributed by atoms with Crippen LogP contribution in [0.1, 0.15) is 22.3 Å². The van der Waals surface area contributed by atoms with Gasteiger partial charge in [0.2, 0.25) is 0 Å². The zero-order valence-electron chi connectivity index (χ0n) is 34.2. The van der Waals surface area contributed by atoms with Crippen LogP contribution in [0.3, 0.4) is 0 Å². The fourth-order valence-electron chi connectivity index (χ4n) is 9.62. The van der Waals surface area contributed by atoms with Crippen molar-refractivity contribution < 1.29 is 9.47 Å². The summed E-state index contributed by atoms with van der Waals surface area (Å²) < 4.78 is 13.8. The molecule has 0 atom stereocenters. The summed E-state index contributed by atoms with van der Waals surface area (Å²) in [7, 11) is 0. The lowest BCUT2D eigenvalue weighted by molar-refractivity contribution is 0.360. The van der Waals surface area contributed by atoms with E-state index >= 15 is 0 Å². The van der Waals surface area contributed by atoms with Crippen LogP contribution in [0.5, 0.6) is 23.0 Å². The van der Waals surface area contributed by atoms with Gasteiger partial charge in [-0.3, -0.25) is 0 Å². The Hall–Kier alpha value is -8.34. The van der Waals surface area contributed by atoms with Crippen molar-refractivity contribution in [3.63, 3.8) is 0 Å². The molecule has 0 bridgehead atoms. The maximum atomic E-state index is 7.10. The zero-order chi connectivity index (χ0) is 41.7. The van der Waals surface area contributed by atoms with Crippen LogP contribution in [0.15, 0.2) is 231 Å². The second-order valence-corrected chi connectivity index (χ2v) is 16.0. The highest BCUT2D eigenvalue weighted by Gasteiger charge is 2.48. The molecule has 4 nitrogen and oxygen atoms in total. The van der Waals surface area contributed by atoms with Gasteiger partial charge in [-0.25, -0.2) is 9.97 Å². The Labute approximate surface area is 366 Å². The van der Waals surface area contributed by atoms with Crippen LogP contribution in [0, 0.1) is 0 Å². The van der Waals surface area contributed by atoms with Gasteiger partial charge in [0.15, 0.2) is 28.8 Å². The maximum absolute atomic E-state index is 7.10. The lowest BCUT2D eigenvalue weighted by atomic mass is 9.68. The lowest BCUT2D eigenvalue weighted by Gasteiger charge is -2.34. The molecule has 1 aliphatic carbocycles. The second-order valence-electron chi connectivity index (χ2n) is 16.0. The zero-order valence-corrected chi connectivity index (χ0v) is 34.2. The molecule has 1 aliphatic heterocycles. The van der Waals surface area contributed by atoms with E-state index in [9.17, 15) is 0 Å². The SMILES string of the molecule is c1ccc(-c2cccc(-c3cc(-c4ccccc4)nc(-c4ccccc4-c4ccc5c(c4)Oc4c(ccc6c4-c4ccccc4C6(c4ccccc4)c4ccccc4)O5)n3)c2)cc1. The molecule has 9 aromatic carbocycles. The van der Waals surface area contributed by atoms with Crippen molar-refractivity contribution in [2.45, 2.75) is 5.41 Å². The standard InChI is InChI=1S/C59H38N2O2/c1-5-18-39(19-6-1)41-22-17-23-43(36-41)52-38-51(40-20-7-2-8-21-40)60-58(61-52)47-29-14-13-28-46(47)42-32-34-53-55(37-42)63-57-54(62-53)35-33-50-56(57)48-30-15-16-31-49(48)59(50,44-24-9-3-10-25-44)45-26-11-4-12-27-45/h1-38H. The first-order chi connectivity index (χ1) is 31.2. The smallest absolute Gasteiger partial charge is 0.178 e. The molecule has 2 aliphatic rings. The summed E-state index contributed by atoms with van der Waals surface area (Å²) in [5.41, 5.74) is 15.3. The van der Waals surface area contributed by atoms with E-state index in [-0.39, 0.29) is 0 Å². The molecule has 0 spiro atoms. The van der Waals surface area contributed by atoms with Gasteiger partial charge in [-0.05, 0) is 80.4 Å². The molecule has 0 saturated carbocycles. The quantitative estimate of drug-likeness (QED) is 0.161. The van der Waals surface area contributed by atoms with E-state index in [1.165, 1.54) is 16.7 Å². The van der Waals surface area contributed by atoms with Crippen LogP contribution in [-0.2, 0) is 5.41 Å². The van der Waals surface area contributed by atoms with Gasteiger partial charge >= 0.3 is 0 Å². The minimum absolute atomic E-state index is 0.552. The summed E-state index contributed by atoms with van der Waals surface area (Å²) in [5, 5.41) is 0. The van der Waals surface area contributed by atoms with Crippen LogP contribution < -0.4 is 9.47 Å². The number of benzene rings is 9. The highest BCUT2D eigenvalue weighted by atomic mass is 16.6. The molecule has 2 heterocycles. The summed E-state index contributed by atoms with van der Waals surface area (Å²) in [5.74, 6) is 3.36. The van der Waals surface area contributed by atoms with Gasteiger partial charge in [-0.15, -0.1) is 0 Å². The Morgan fingerprint density at radius 1 is 0.317 bits per heavy atom. The number of aromatic nitrogens is 2. The van der Waals surface area contributed by atoms with Crippen LogP contribution in [0.4, 0.5) is 0 Å². The molecule has 12 rings (SSSR count). The van der Waals surface area contributed by atoms with Crippen molar-refractivity contribution in [3.05, 3.63) is 253 Å². The highest BCUT2D eigenvalue weighted by Crippen LogP contribution is 2.62. The Bertz CT molecular complexity index is 3290. The first-order valence-corrected chi connectivity index (χ1v) is 21.3. The molecule has 4 heteroatoms. The van der Waals surface area contributed by atoms with E-state index in [1.807, 2.05) is 36.4 Å². The van der Waals surface area contributed by atoms with E-state index in [0.29, 0.717) is 28.8 Å². The van der Waals surface area contributed by atoms with Crippen LogP contribution >= 0.6 is 0 Å². The molecule has 1 aromatic heterocycles. The molecule has 63 heavy (non-hydrogen) atoms. The topological polar surface area (TPSA) is 44.2 Å². The van der Waals surface area contributed by atoms with Crippen molar-refractivity contribution >= 4 is 0 Å². The number of rotatable bonds is 7. The largest absolute Gasteiger partial charge is 0.449 e. The lowest BCUT2D eigenvalue weighted by Crippen LogP contribution is -2.28. The van der Waals surface area contributed by atoms with E-state index in [1.54, 1.807) is 0 Å². The normalized spacial score (nSPS) is 12.8. The minimum Gasteiger partial charge on any atom is -0.449 e. The second kappa shape index (κ2) is 15.0. The maximum Gasteiger partial charge on any atom is 0.178 e. The summed E-state index contributed by atoms with van der Waals surface area (Å²) in [6.07, 6.45) is 0. The van der Waals surface area contributed by atoms with Crippen LogP contribution in [-0.4, -0.2) is 9.97 Å². The average molecular weight is 807 g/mol. The fourth-order valence-corrected chi connectivity index (χ4v) is 9.62. The van der Waals surface area contributed by atoms with Gasteiger partial charge in [-0.1, -0.05) is 200 Å². The van der Waals surface area contributed by atoms with Gasteiger partial charge < -0.3 is 9.47 Å². The van der Waals surface area contributed by atoms with Gasteiger partial charge in [0, 0.05) is 22.3 Å². The number of fused-ring (bicyclic) bond motifs is 6. The average Bonchev–Trinajstić information content (AvgIpc) is 3.68. The van der Waals surface area contributed by atoms with Crippen LogP contribution in [0.2, 0.25) is 0 Å². The van der Waals surface area contributed by atoms with E-state index in [2.05, 4.69) is 194 Å².